The zero-order valence-electron chi connectivity index (χ0n) is 19.0. The molecule has 0 aromatic carbocycles. The molecule has 2 aromatic heterocycles. The smallest absolute Gasteiger partial charge is 0.242 e. The van der Waals surface area contributed by atoms with Crippen molar-refractivity contribution in [3.8, 4) is 11.1 Å². The Kier molecular flexibility index (Phi) is 7.17. The van der Waals surface area contributed by atoms with Gasteiger partial charge in [-0.05, 0) is 81.2 Å². The second-order valence-electron chi connectivity index (χ2n) is 8.92. The van der Waals surface area contributed by atoms with Gasteiger partial charge in [0.15, 0.2) is 0 Å². The molecule has 0 bridgehead atoms. The fourth-order valence-corrected chi connectivity index (χ4v) is 4.84. The Morgan fingerprint density at radius 3 is 2.59 bits per heavy atom. The molecule has 3 N–H and O–H groups in total. The van der Waals surface area contributed by atoms with Crippen LogP contribution in [-0.4, -0.2) is 45.3 Å². The van der Waals surface area contributed by atoms with Crippen LogP contribution in [0.4, 0.5) is 10.2 Å². The third-order valence-corrected chi connectivity index (χ3v) is 7.10. The molecule has 0 unspecified atom stereocenters. The van der Waals surface area contributed by atoms with Crippen LogP contribution in [-0.2, 0) is 28.0 Å². The van der Waals surface area contributed by atoms with Crippen LogP contribution in [0.1, 0.15) is 37.1 Å². The van der Waals surface area contributed by atoms with Crippen LogP contribution in [0.15, 0.2) is 12.1 Å². The Morgan fingerprint density at radius 2 is 2.00 bits per heavy atom. The molecule has 0 saturated heterocycles. The summed E-state index contributed by atoms with van der Waals surface area (Å²) in [6.07, 6.45) is 6.69. The lowest BCUT2D eigenvalue weighted by atomic mass is 9.89. The highest BCUT2D eigenvalue weighted by Crippen LogP contribution is 2.50. The minimum Gasteiger partial charge on any atom is -0.354 e. The molecule has 7 nitrogen and oxygen atoms in total. The lowest BCUT2D eigenvalue weighted by molar-refractivity contribution is -0.118. The fraction of sp³-hybridized carbons (Fsp3) is 0.609. The quantitative estimate of drug-likeness (QED) is 0.232. The van der Waals surface area contributed by atoms with E-state index in [9.17, 15) is 9.18 Å². The number of anilines is 1. The highest BCUT2D eigenvalue weighted by molar-refractivity contribution is 7.77. The van der Waals surface area contributed by atoms with Crippen molar-refractivity contribution in [2.24, 2.45) is 23.5 Å². The number of aryl methyl sites for hydroxylation is 1. The van der Waals surface area contributed by atoms with E-state index in [4.69, 9.17) is 10.5 Å². The van der Waals surface area contributed by atoms with Crippen molar-refractivity contribution in [3.63, 3.8) is 0 Å². The SMILES string of the molecule is C[SH+]CCOCn1nc(C)c(-c2ccc(NC(=O)[C@@H](N)C(C3CC3)C3CC3)nc2F)c1C. The van der Waals surface area contributed by atoms with Gasteiger partial charge in [-0.25, -0.2) is 9.67 Å². The number of nitrogens with zero attached hydrogens (tertiary/aromatic N) is 3. The van der Waals surface area contributed by atoms with E-state index in [1.54, 1.807) is 16.8 Å². The zero-order valence-corrected chi connectivity index (χ0v) is 19.9. The molecule has 2 heterocycles. The molecule has 32 heavy (non-hydrogen) atoms. The Labute approximate surface area is 192 Å². The third kappa shape index (κ3) is 5.15. The number of pyridine rings is 1. The average molecular weight is 463 g/mol. The predicted molar refractivity (Wildman–Crippen MR) is 126 cm³/mol. The van der Waals surface area contributed by atoms with Gasteiger partial charge in [0.05, 0.1) is 24.6 Å². The number of hydrogen-bond donors (Lipinski definition) is 2. The molecule has 2 fully saturated rings. The van der Waals surface area contributed by atoms with E-state index in [0.717, 1.165) is 37.1 Å². The minimum absolute atomic E-state index is 0.182. The van der Waals surface area contributed by atoms with Crippen molar-refractivity contribution in [2.75, 3.05) is 23.9 Å². The molecule has 2 aliphatic rings. The molecule has 2 aliphatic carbocycles. The number of nitrogens with one attached hydrogen (secondary N) is 1. The van der Waals surface area contributed by atoms with Gasteiger partial charge < -0.3 is 15.8 Å². The molecule has 2 aromatic rings. The molecule has 0 spiro atoms. The lowest BCUT2D eigenvalue weighted by Crippen LogP contribution is -2.44. The second kappa shape index (κ2) is 9.89. The molecule has 174 valence electrons. The number of ether oxygens (including phenoxy) is 1. The topological polar surface area (TPSA) is 95.1 Å². The predicted octanol–water partition coefficient (Wildman–Crippen LogP) is 2.82. The molecular weight excluding hydrogens is 429 g/mol. The summed E-state index contributed by atoms with van der Waals surface area (Å²) in [6.45, 7) is 4.71. The first kappa shape index (κ1) is 23.2. The normalized spacial score (nSPS) is 17.1. The van der Waals surface area contributed by atoms with E-state index in [1.165, 1.54) is 11.8 Å². The van der Waals surface area contributed by atoms with Crippen LogP contribution in [0, 0.1) is 37.5 Å². The van der Waals surface area contributed by atoms with Crippen molar-refractivity contribution in [1.29, 1.82) is 0 Å². The number of carbonyl (C=O) groups is 1. The Balaban J connectivity index is 1.45. The van der Waals surface area contributed by atoms with Crippen LogP contribution >= 0.6 is 0 Å². The average Bonchev–Trinajstić information content (AvgIpc) is 3.68. The summed E-state index contributed by atoms with van der Waals surface area (Å²) in [5, 5.41) is 7.22. The number of aromatic nitrogens is 3. The van der Waals surface area contributed by atoms with Crippen molar-refractivity contribution in [3.05, 3.63) is 29.5 Å². The maximum absolute atomic E-state index is 15.0. The molecule has 0 radical (unpaired) electrons. The number of hydrogen-bond acceptors (Lipinski definition) is 5. The van der Waals surface area contributed by atoms with Crippen LogP contribution in [0.5, 0.6) is 0 Å². The summed E-state index contributed by atoms with van der Waals surface area (Å²) in [7, 11) is 0. The highest BCUT2D eigenvalue weighted by Gasteiger charge is 2.46. The highest BCUT2D eigenvalue weighted by atomic mass is 32.2. The Hall–Kier alpha value is -1.97. The van der Waals surface area contributed by atoms with E-state index >= 15 is 0 Å². The molecule has 2 saturated carbocycles. The van der Waals surface area contributed by atoms with Crippen LogP contribution in [0.3, 0.4) is 0 Å². The van der Waals surface area contributed by atoms with Gasteiger partial charge >= 0.3 is 0 Å². The van der Waals surface area contributed by atoms with E-state index in [1.807, 2.05) is 13.8 Å². The largest absolute Gasteiger partial charge is 0.354 e. The Bertz CT molecular complexity index is 962. The van der Waals surface area contributed by atoms with Gasteiger partial charge in [-0.2, -0.15) is 9.49 Å². The summed E-state index contributed by atoms with van der Waals surface area (Å²) in [5.41, 5.74) is 8.87. The third-order valence-electron chi connectivity index (χ3n) is 6.47. The van der Waals surface area contributed by atoms with Gasteiger partial charge in [0.25, 0.3) is 0 Å². The van der Waals surface area contributed by atoms with Crippen LogP contribution < -0.4 is 11.1 Å². The van der Waals surface area contributed by atoms with Crippen molar-refractivity contribution in [1.82, 2.24) is 14.8 Å². The zero-order chi connectivity index (χ0) is 22.8. The lowest BCUT2D eigenvalue weighted by Gasteiger charge is -2.22. The summed E-state index contributed by atoms with van der Waals surface area (Å²) in [4.78, 5) is 16.7. The number of rotatable bonds is 11. The standard InChI is InChI=1S/C23H32FN5O2S/c1-13-19(14(2)29(28-13)12-31-10-11-32-3)17-8-9-18(26-22(17)24)27-23(30)21(25)20(15-4-5-15)16-6-7-16/h8-9,15-16,20-21H,4-7,10-12,25H2,1-3H3,(H,26,27,30)/p+1/t21-/m0/s1. The monoisotopic (exact) mass is 462 g/mol. The van der Waals surface area contributed by atoms with E-state index in [0.29, 0.717) is 42.0 Å². The summed E-state index contributed by atoms with van der Waals surface area (Å²) in [5.74, 6) is 1.57. The number of carbonyl (C=O) groups excluding carboxylic acids is 1. The van der Waals surface area contributed by atoms with Crippen LogP contribution in [0.2, 0.25) is 0 Å². The molecule has 1 atom stereocenters. The molecule has 1 amide bonds. The number of halogens is 1. The summed E-state index contributed by atoms with van der Waals surface area (Å²) in [6, 6.07) is 2.69. The molecular formula is C23H33FN5O2S+. The van der Waals surface area contributed by atoms with Gasteiger partial charge in [0.1, 0.15) is 18.3 Å². The molecule has 0 aliphatic heterocycles. The first-order chi connectivity index (χ1) is 15.4. The van der Waals surface area contributed by atoms with E-state index in [2.05, 4.69) is 21.7 Å². The van der Waals surface area contributed by atoms with E-state index in [-0.39, 0.29) is 17.6 Å². The number of thiol groups is 1. The number of nitrogens with two attached hydrogens (primary N) is 1. The van der Waals surface area contributed by atoms with Gasteiger partial charge in [-0.3, -0.25) is 4.79 Å². The maximum atomic E-state index is 15.0. The van der Waals surface area contributed by atoms with Gasteiger partial charge in [0.2, 0.25) is 11.9 Å². The summed E-state index contributed by atoms with van der Waals surface area (Å²) < 4.78 is 22.4. The minimum atomic E-state index is -0.645. The Morgan fingerprint density at radius 1 is 1.31 bits per heavy atom. The van der Waals surface area contributed by atoms with Crippen molar-refractivity contribution < 1.29 is 13.9 Å². The van der Waals surface area contributed by atoms with Crippen molar-refractivity contribution >= 4 is 23.5 Å². The van der Waals surface area contributed by atoms with Gasteiger partial charge in [0, 0.05) is 16.8 Å². The number of amides is 1. The summed E-state index contributed by atoms with van der Waals surface area (Å²) >= 11 is 1.28. The fourth-order valence-electron chi connectivity index (χ4n) is 4.53. The van der Waals surface area contributed by atoms with E-state index < -0.39 is 12.0 Å². The maximum Gasteiger partial charge on any atom is 0.242 e. The van der Waals surface area contributed by atoms with Gasteiger partial charge in [-0.1, -0.05) is 0 Å². The van der Waals surface area contributed by atoms with Gasteiger partial charge in [-0.15, -0.1) is 0 Å². The molecule has 9 heteroatoms. The second-order valence-corrected chi connectivity index (χ2v) is 10.0. The molecule has 4 rings (SSSR count). The first-order valence-electron chi connectivity index (χ1n) is 11.3. The van der Waals surface area contributed by atoms with Crippen molar-refractivity contribution in [2.45, 2.75) is 52.3 Å². The first-order valence-corrected chi connectivity index (χ1v) is 12.8. The van der Waals surface area contributed by atoms with Crippen LogP contribution in [0.25, 0.3) is 11.1 Å².